The average molecular weight is 565 g/mol. The topological polar surface area (TPSA) is 278 Å². The second-order valence-electron chi connectivity index (χ2n) is 9.62. The maximum atomic E-state index is 13.2. The highest BCUT2D eigenvalue weighted by Crippen LogP contribution is 2.13. The van der Waals surface area contributed by atoms with Gasteiger partial charge in [0.2, 0.25) is 23.6 Å². The second-order valence-corrected chi connectivity index (χ2v) is 9.62. The van der Waals surface area contributed by atoms with Gasteiger partial charge < -0.3 is 49.1 Å². The van der Waals surface area contributed by atoms with Gasteiger partial charge in [0.1, 0.15) is 23.9 Å². The van der Waals surface area contributed by atoms with Crippen molar-refractivity contribution in [1.29, 1.82) is 0 Å². The maximum Gasteiger partial charge on any atom is 0.326 e. The Morgan fingerprint density at radius 2 is 1.40 bits per heavy atom. The van der Waals surface area contributed by atoms with E-state index in [1.54, 1.807) is 13.8 Å². The molecule has 0 heterocycles. The summed E-state index contributed by atoms with van der Waals surface area (Å²) in [6, 6.07) is 1.04. The van der Waals surface area contributed by atoms with Crippen LogP contribution in [0.5, 0.6) is 5.75 Å². The van der Waals surface area contributed by atoms with Gasteiger partial charge in [-0.3, -0.25) is 24.2 Å². The number of phenols is 1. The molecular weight excluding hydrogens is 524 g/mol. The Morgan fingerprint density at radius 1 is 0.850 bits per heavy atom. The van der Waals surface area contributed by atoms with Crippen molar-refractivity contribution in [2.75, 3.05) is 6.54 Å². The van der Waals surface area contributed by atoms with E-state index >= 15 is 0 Å². The Labute approximate surface area is 232 Å². The number of nitrogens with two attached hydrogens (primary N) is 4. The molecular formula is C25H40N8O7. The summed E-state index contributed by atoms with van der Waals surface area (Å²) in [6.45, 7) is 3.59. The summed E-state index contributed by atoms with van der Waals surface area (Å²) in [6.07, 6.45) is -0.224. The van der Waals surface area contributed by atoms with Crippen LogP contribution in [0.4, 0.5) is 0 Å². The Morgan fingerprint density at radius 3 is 1.93 bits per heavy atom. The molecule has 0 spiro atoms. The lowest BCUT2D eigenvalue weighted by Crippen LogP contribution is -2.58. The lowest BCUT2D eigenvalue weighted by molar-refractivity contribution is -0.142. The molecule has 1 aromatic carbocycles. The summed E-state index contributed by atoms with van der Waals surface area (Å²) in [4.78, 5) is 66.0. The van der Waals surface area contributed by atoms with Crippen LogP contribution in [-0.4, -0.2) is 76.5 Å². The Bertz CT molecular complexity index is 1060. The lowest BCUT2D eigenvalue weighted by Gasteiger charge is -2.26. The lowest BCUT2D eigenvalue weighted by atomic mass is 10.0. The number of nitrogens with zero attached hydrogens (tertiary/aromatic N) is 1. The molecule has 222 valence electrons. The van der Waals surface area contributed by atoms with Crippen molar-refractivity contribution in [1.82, 2.24) is 16.0 Å². The van der Waals surface area contributed by atoms with E-state index in [4.69, 9.17) is 22.9 Å². The second kappa shape index (κ2) is 16.5. The van der Waals surface area contributed by atoms with Crippen molar-refractivity contribution in [3.8, 4) is 5.75 Å². The normalized spacial score (nSPS) is 13.8. The van der Waals surface area contributed by atoms with Crippen molar-refractivity contribution in [2.45, 2.75) is 70.1 Å². The number of guanidine groups is 1. The van der Waals surface area contributed by atoms with Gasteiger partial charge in [0, 0.05) is 19.4 Å². The quantitative estimate of drug-likeness (QED) is 0.0558. The van der Waals surface area contributed by atoms with Gasteiger partial charge in [-0.1, -0.05) is 26.0 Å². The van der Waals surface area contributed by atoms with Gasteiger partial charge in [-0.2, -0.15) is 0 Å². The summed E-state index contributed by atoms with van der Waals surface area (Å²) >= 11 is 0. The predicted octanol–water partition coefficient (Wildman–Crippen LogP) is -2.22. The molecule has 0 radical (unpaired) electrons. The van der Waals surface area contributed by atoms with E-state index in [9.17, 15) is 34.2 Å². The Kier molecular flexibility index (Phi) is 13.9. The minimum Gasteiger partial charge on any atom is -0.508 e. The molecule has 0 aliphatic rings. The van der Waals surface area contributed by atoms with E-state index in [0.29, 0.717) is 5.56 Å². The average Bonchev–Trinajstić information content (AvgIpc) is 2.87. The van der Waals surface area contributed by atoms with Crippen LogP contribution in [0.2, 0.25) is 0 Å². The highest BCUT2D eigenvalue weighted by molar-refractivity contribution is 5.94. The van der Waals surface area contributed by atoms with Gasteiger partial charge in [0.25, 0.3) is 0 Å². The van der Waals surface area contributed by atoms with Gasteiger partial charge in [-0.05, 0) is 42.9 Å². The Balaban J connectivity index is 3.17. The number of aliphatic carboxylic acids is 1. The summed E-state index contributed by atoms with van der Waals surface area (Å²) in [7, 11) is 0. The van der Waals surface area contributed by atoms with E-state index in [-0.39, 0.29) is 56.3 Å². The SMILES string of the molecule is CC(C)C(N)C(=O)NC(CCC(N)=O)C(=O)NC(Cc1ccc(O)cc1)C(=O)NC(CCCN=C(N)N)C(=O)O. The number of aliphatic imine (C=N–C) groups is 1. The van der Waals surface area contributed by atoms with Crippen LogP contribution < -0.4 is 38.9 Å². The van der Waals surface area contributed by atoms with Crippen LogP contribution in [0.1, 0.15) is 45.1 Å². The minimum atomic E-state index is -1.31. The first-order valence-corrected chi connectivity index (χ1v) is 12.7. The third-order valence-electron chi connectivity index (χ3n) is 5.90. The molecule has 1 rings (SSSR count). The molecule has 0 fully saturated rings. The molecule has 15 nitrogen and oxygen atoms in total. The van der Waals surface area contributed by atoms with Gasteiger partial charge in [-0.15, -0.1) is 0 Å². The fourth-order valence-corrected chi connectivity index (χ4v) is 3.51. The highest BCUT2D eigenvalue weighted by atomic mass is 16.4. The van der Waals surface area contributed by atoms with Crippen LogP contribution in [-0.2, 0) is 30.4 Å². The molecule has 4 unspecified atom stereocenters. The van der Waals surface area contributed by atoms with Gasteiger partial charge in [0.05, 0.1) is 6.04 Å². The summed E-state index contributed by atoms with van der Waals surface area (Å²) < 4.78 is 0. The molecule has 0 aliphatic heterocycles. The van der Waals surface area contributed by atoms with Crippen LogP contribution in [0.25, 0.3) is 0 Å². The summed E-state index contributed by atoms with van der Waals surface area (Å²) in [5.74, 6) is -4.67. The molecule has 0 saturated carbocycles. The number of benzene rings is 1. The number of hydrogen-bond donors (Lipinski definition) is 9. The van der Waals surface area contributed by atoms with E-state index in [2.05, 4.69) is 20.9 Å². The molecule has 15 heteroatoms. The number of primary amides is 1. The van der Waals surface area contributed by atoms with Gasteiger partial charge >= 0.3 is 5.97 Å². The molecule has 0 aliphatic carbocycles. The molecule has 4 amide bonds. The summed E-state index contributed by atoms with van der Waals surface area (Å²) in [5.41, 5.74) is 22.2. The number of rotatable bonds is 17. The standard InChI is InChI=1S/C25H40N8O7/c1-13(2)20(27)23(38)31-16(9-10-19(26)35)21(36)33-18(12-14-5-7-15(34)8-6-14)22(37)32-17(24(39)40)4-3-11-30-25(28)29/h5-8,13,16-18,20,34H,3-4,9-12,27H2,1-2H3,(H2,26,35)(H,31,38)(H,32,37)(H,33,36)(H,39,40)(H4,28,29,30). The van der Waals surface area contributed by atoms with E-state index in [1.807, 2.05) is 0 Å². The van der Waals surface area contributed by atoms with Crippen LogP contribution in [0.3, 0.4) is 0 Å². The first kappa shape index (κ1) is 33.6. The molecule has 0 bridgehead atoms. The number of amides is 4. The van der Waals surface area contributed by atoms with Gasteiger partial charge in [0.15, 0.2) is 5.96 Å². The number of aromatic hydroxyl groups is 1. The first-order chi connectivity index (χ1) is 18.7. The van der Waals surface area contributed by atoms with E-state index in [0.717, 1.165) is 0 Å². The number of carbonyl (C=O) groups excluding carboxylic acids is 4. The maximum absolute atomic E-state index is 13.2. The number of hydrogen-bond acceptors (Lipinski definition) is 8. The van der Waals surface area contributed by atoms with Crippen molar-refractivity contribution in [3.63, 3.8) is 0 Å². The minimum absolute atomic E-state index is 0.00210. The van der Waals surface area contributed by atoms with E-state index in [1.165, 1.54) is 24.3 Å². The fourth-order valence-electron chi connectivity index (χ4n) is 3.51. The molecule has 4 atom stereocenters. The number of carbonyl (C=O) groups is 5. The zero-order valence-electron chi connectivity index (χ0n) is 22.6. The highest BCUT2D eigenvalue weighted by Gasteiger charge is 2.31. The third-order valence-corrected chi connectivity index (χ3v) is 5.90. The largest absolute Gasteiger partial charge is 0.508 e. The number of nitrogens with one attached hydrogen (secondary N) is 3. The van der Waals surface area contributed by atoms with Crippen molar-refractivity contribution >= 4 is 35.6 Å². The molecule has 0 aromatic heterocycles. The number of carboxylic acid groups (broad SMARTS) is 1. The zero-order chi connectivity index (χ0) is 30.4. The molecule has 0 saturated heterocycles. The fraction of sp³-hybridized carbons (Fsp3) is 0.520. The third kappa shape index (κ3) is 12.4. The van der Waals surface area contributed by atoms with Crippen LogP contribution in [0.15, 0.2) is 29.3 Å². The smallest absolute Gasteiger partial charge is 0.326 e. The zero-order valence-corrected chi connectivity index (χ0v) is 22.6. The van der Waals surface area contributed by atoms with Crippen molar-refractivity contribution in [3.05, 3.63) is 29.8 Å². The number of phenolic OH excluding ortho intramolecular Hbond substituents is 1. The Hall–Kier alpha value is -4.40. The van der Waals surface area contributed by atoms with E-state index < -0.39 is 53.8 Å². The molecule has 1 aromatic rings. The molecule has 13 N–H and O–H groups in total. The van der Waals surface area contributed by atoms with Crippen LogP contribution in [0, 0.1) is 5.92 Å². The first-order valence-electron chi connectivity index (χ1n) is 12.7. The van der Waals surface area contributed by atoms with Crippen molar-refractivity contribution < 1.29 is 34.2 Å². The van der Waals surface area contributed by atoms with Crippen LogP contribution >= 0.6 is 0 Å². The molecule has 40 heavy (non-hydrogen) atoms. The van der Waals surface area contributed by atoms with Gasteiger partial charge in [-0.25, -0.2) is 4.79 Å². The predicted molar refractivity (Wildman–Crippen MR) is 146 cm³/mol. The summed E-state index contributed by atoms with van der Waals surface area (Å²) in [5, 5.41) is 26.6. The monoisotopic (exact) mass is 564 g/mol. The van der Waals surface area contributed by atoms with Crippen molar-refractivity contribution in [2.24, 2.45) is 33.8 Å². The number of carboxylic acids is 1.